The van der Waals surface area contributed by atoms with Crippen LogP contribution in [0.4, 0.5) is 0 Å². The number of carbonyl (C=O) groups is 2. The Morgan fingerprint density at radius 2 is 1.85 bits per heavy atom. The van der Waals surface area contributed by atoms with E-state index in [9.17, 15) is 14.9 Å². The minimum Gasteiger partial charge on any atom is -0.457 e. The number of hydrogen-bond donors (Lipinski definition) is 0. The maximum Gasteiger partial charge on any atom is 0.271 e. The SMILES string of the molecule is CCCN1C(=O)C(C#N)=C(C)/C(=C/c2ccc(-c3ccccc3)o2)C1=O. The van der Waals surface area contributed by atoms with Crippen molar-refractivity contribution < 1.29 is 14.0 Å². The molecular weight excluding hydrogens is 328 g/mol. The van der Waals surface area contributed by atoms with Crippen molar-refractivity contribution in [2.75, 3.05) is 6.54 Å². The molecule has 0 spiro atoms. The highest BCUT2D eigenvalue weighted by Crippen LogP contribution is 2.29. The Morgan fingerprint density at radius 1 is 1.12 bits per heavy atom. The maximum atomic E-state index is 12.7. The minimum absolute atomic E-state index is 0.000797. The Hall–Kier alpha value is -3.39. The standard InChI is InChI=1S/C21H18N2O3/c1-3-11-23-20(24)17(14(2)18(13-22)21(23)25)12-16-9-10-19(26-16)15-7-5-4-6-8-15/h4-10,12H,3,11H2,1-2H3/b17-12-. The molecule has 0 saturated carbocycles. The van der Waals surface area contributed by atoms with Crippen LogP contribution >= 0.6 is 0 Å². The molecule has 5 nitrogen and oxygen atoms in total. The number of furan rings is 1. The van der Waals surface area contributed by atoms with Crippen molar-refractivity contribution >= 4 is 17.9 Å². The molecule has 2 aromatic rings. The van der Waals surface area contributed by atoms with Gasteiger partial charge in [-0.3, -0.25) is 14.5 Å². The zero-order valence-electron chi connectivity index (χ0n) is 14.7. The van der Waals surface area contributed by atoms with Gasteiger partial charge in [-0.2, -0.15) is 5.26 Å². The number of amides is 2. The predicted molar refractivity (Wildman–Crippen MR) is 97.4 cm³/mol. The molecule has 1 aliphatic heterocycles. The Morgan fingerprint density at radius 3 is 2.50 bits per heavy atom. The van der Waals surface area contributed by atoms with Gasteiger partial charge in [0.15, 0.2) is 0 Å². The molecule has 0 aliphatic carbocycles. The molecule has 0 saturated heterocycles. The predicted octanol–water partition coefficient (Wildman–Crippen LogP) is 3.95. The lowest BCUT2D eigenvalue weighted by Gasteiger charge is -2.26. The number of imide groups is 1. The summed E-state index contributed by atoms with van der Waals surface area (Å²) in [5.41, 5.74) is 1.62. The van der Waals surface area contributed by atoms with Crippen LogP contribution in [0.15, 0.2) is 63.6 Å². The molecule has 0 radical (unpaired) electrons. The lowest BCUT2D eigenvalue weighted by Crippen LogP contribution is -2.43. The lowest BCUT2D eigenvalue weighted by atomic mass is 9.94. The first kappa shape index (κ1) is 17.4. The van der Waals surface area contributed by atoms with Gasteiger partial charge in [0, 0.05) is 17.7 Å². The molecule has 0 unspecified atom stereocenters. The Bertz CT molecular complexity index is 959. The molecule has 2 heterocycles. The summed E-state index contributed by atoms with van der Waals surface area (Å²) < 4.78 is 5.82. The Balaban J connectivity index is 2.03. The molecule has 1 aliphatic rings. The molecular formula is C21H18N2O3. The van der Waals surface area contributed by atoms with Gasteiger partial charge in [0.05, 0.1) is 0 Å². The number of benzene rings is 1. The summed E-state index contributed by atoms with van der Waals surface area (Å²) in [4.78, 5) is 26.2. The molecule has 26 heavy (non-hydrogen) atoms. The van der Waals surface area contributed by atoms with E-state index in [0.717, 1.165) is 10.5 Å². The first-order chi connectivity index (χ1) is 12.6. The van der Waals surface area contributed by atoms with Crippen LogP contribution in [0.3, 0.4) is 0 Å². The molecule has 3 rings (SSSR count). The van der Waals surface area contributed by atoms with Crippen molar-refractivity contribution in [3.63, 3.8) is 0 Å². The number of carbonyl (C=O) groups excluding carboxylic acids is 2. The topological polar surface area (TPSA) is 74.3 Å². The third-order valence-corrected chi connectivity index (χ3v) is 4.24. The van der Waals surface area contributed by atoms with Crippen LogP contribution in [0.1, 0.15) is 26.0 Å². The monoisotopic (exact) mass is 346 g/mol. The van der Waals surface area contributed by atoms with E-state index in [4.69, 9.17) is 4.42 Å². The van der Waals surface area contributed by atoms with E-state index in [0.29, 0.717) is 29.1 Å². The van der Waals surface area contributed by atoms with Crippen molar-refractivity contribution in [2.45, 2.75) is 20.3 Å². The summed E-state index contributed by atoms with van der Waals surface area (Å²) in [5.74, 6) is 0.253. The Kier molecular flexibility index (Phi) is 4.85. The second-order valence-corrected chi connectivity index (χ2v) is 6.00. The molecule has 5 heteroatoms. The highest BCUT2D eigenvalue weighted by molar-refractivity contribution is 6.19. The third kappa shape index (κ3) is 3.09. The van der Waals surface area contributed by atoms with E-state index in [-0.39, 0.29) is 12.1 Å². The molecule has 2 amide bonds. The fraction of sp³-hybridized carbons (Fsp3) is 0.190. The van der Waals surface area contributed by atoms with E-state index in [1.54, 1.807) is 19.1 Å². The Labute approximate surface area is 151 Å². The molecule has 0 N–H and O–H groups in total. The van der Waals surface area contributed by atoms with E-state index >= 15 is 0 Å². The van der Waals surface area contributed by atoms with Crippen LogP contribution in [0.25, 0.3) is 17.4 Å². The van der Waals surface area contributed by atoms with Crippen molar-refractivity contribution in [1.29, 1.82) is 5.26 Å². The van der Waals surface area contributed by atoms with Crippen molar-refractivity contribution in [2.24, 2.45) is 0 Å². The van der Waals surface area contributed by atoms with E-state index in [1.165, 1.54) is 0 Å². The van der Waals surface area contributed by atoms with Gasteiger partial charge < -0.3 is 4.42 Å². The van der Waals surface area contributed by atoms with Gasteiger partial charge in [0.1, 0.15) is 23.2 Å². The summed E-state index contributed by atoms with van der Waals surface area (Å²) in [5, 5.41) is 9.32. The van der Waals surface area contributed by atoms with Gasteiger partial charge in [0.25, 0.3) is 11.8 Å². The molecule has 0 atom stereocenters. The first-order valence-electron chi connectivity index (χ1n) is 8.41. The number of hydrogen-bond acceptors (Lipinski definition) is 4. The molecule has 1 aromatic carbocycles. The van der Waals surface area contributed by atoms with Crippen LogP contribution in [0.2, 0.25) is 0 Å². The average Bonchev–Trinajstić information content (AvgIpc) is 3.12. The molecule has 0 fully saturated rings. The minimum atomic E-state index is -0.529. The van der Waals surface area contributed by atoms with Gasteiger partial charge in [-0.25, -0.2) is 0 Å². The fourth-order valence-electron chi connectivity index (χ4n) is 2.89. The number of rotatable bonds is 4. The van der Waals surface area contributed by atoms with Crippen LogP contribution < -0.4 is 0 Å². The second-order valence-electron chi connectivity index (χ2n) is 6.00. The average molecular weight is 346 g/mol. The van der Waals surface area contributed by atoms with Gasteiger partial charge in [-0.1, -0.05) is 37.3 Å². The quantitative estimate of drug-likeness (QED) is 0.620. The summed E-state index contributed by atoms with van der Waals surface area (Å²) in [6.45, 7) is 3.77. The van der Waals surface area contributed by atoms with Gasteiger partial charge in [-0.15, -0.1) is 0 Å². The van der Waals surface area contributed by atoms with Crippen molar-refractivity contribution in [3.05, 3.63) is 64.9 Å². The summed E-state index contributed by atoms with van der Waals surface area (Å²) in [7, 11) is 0. The number of nitriles is 1. The van der Waals surface area contributed by atoms with E-state index in [1.807, 2.05) is 49.4 Å². The zero-order chi connectivity index (χ0) is 18.7. The molecule has 130 valence electrons. The van der Waals surface area contributed by atoms with Crippen molar-refractivity contribution in [3.8, 4) is 17.4 Å². The molecule has 0 bridgehead atoms. The van der Waals surface area contributed by atoms with Crippen LogP contribution in [-0.2, 0) is 9.59 Å². The summed E-state index contributed by atoms with van der Waals surface area (Å²) in [6, 6.07) is 15.1. The molecule has 1 aromatic heterocycles. The zero-order valence-corrected chi connectivity index (χ0v) is 14.7. The normalized spacial score (nSPS) is 16.3. The largest absolute Gasteiger partial charge is 0.457 e. The number of nitrogens with zero attached hydrogens (tertiary/aromatic N) is 2. The highest BCUT2D eigenvalue weighted by Gasteiger charge is 2.34. The highest BCUT2D eigenvalue weighted by atomic mass is 16.3. The van der Waals surface area contributed by atoms with Crippen LogP contribution in [0.5, 0.6) is 0 Å². The van der Waals surface area contributed by atoms with Crippen molar-refractivity contribution in [1.82, 2.24) is 4.90 Å². The third-order valence-electron chi connectivity index (χ3n) is 4.24. The van der Waals surface area contributed by atoms with Gasteiger partial charge >= 0.3 is 0 Å². The smallest absolute Gasteiger partial charge is 0.271 e. The van der Waals surface area contributed by atoms with Gasteiger partial charge in [0.2, 0.25) is 0 Å². The fourth-order valence-corrected chi connectivity index (χ4v) is 2.89. The maximum absolute atomic E-state index is 12.7. The summed E-state index contributed by atoms with van der Waals surface area (Å²) in [6.07, 6.45) is 2.22. The summed E-state index contributed by atoms with van der Waals surface area (Å²) >= 11 is 0. The first-order valence-corrected chi connectivity index (χ1v) is 8.41. The van der Waals surface area contributed by atoms with Crippen LogP contribution in [-0.4, -0.2) is 23.3 Å². The van der Waals surface area contributed by atoms with Crippen LogP contribution in [0, 0.1) is 11.3 Å². The van der Waals surface area contributed by atoms with E-state index < -0.39 is 11.8 Å². The van der Waals surface area contributed by atoms with E-state index in [2.05, 4.69) is 0 Å². The second kappa shape index (κ2) is 7.24. The lowest BCUT2D eigenvalue weighted by molar-refractivity contribution is -0.140. The van der Waals surface area contributed by atoms with Gasteiger partial charge in [-0.05, 0) is 37.1 Å².